The first-order valence-corrected chi connectivity index (χ1v) is 6.86. The molecule has 0 fully saturated rings. The van der Waals surface area contributed by atoms with Crippen molar-refractivity contribution in [1.82, 2.24) is 20.4 Å². The summed E-state index contributed by atoms with van der Waals surface area (Å²) in [5.74, 6) is 0.767. The second-order valence-electron chi connectivity index (χ2n) is 4.46. The van der Waals surface area contributed by atoms with Crippen molar-refractivity contribution < 1.29 is 4.74 Å². The van der Waals surface area contributed by atoms with E-state index in [1.165, 1.54) is 5.56 Å². The van der Waals surface area contributed by atoms with Crippen molar-refractivity contribution in [3.8, 4) is 5.69 Å². The Hall–Kier alpha value is -1.61. The summed E-state index contributed by atoms with van der Waals surface area (Å²) in [5.41, 5.74) is 2.23. The van der Waals surface area contributed by atoms with Gasteiger partial charge in [-0.2, -0.15) is 5.10 Å². The van der Waals surface area contributed by atoms with Crippen molar-refractivity contribution >= 4 is 29.9 Å². The molecule has 1 aromatic carbocycles. The second kappa shape index (κ2) is 10.2. The maximum absolute atomic E-state index is 4.99. The van der Waals surface area contributed by atoms with Crippen LogP contribution >= 0.6 is 24.0 Å². The molecule has 0 saturated carbocycles. The smallest absolute Gasteiger partial charge is 0.191 e. The van der Waals surface area contributed by atoms with E-state index in [0.717, 1.165) is 18.2 Å². The third kappa shape index (κ3) is 5.64. The van der Waals surface area contributed by atoms with Crippen LogP contribution in [-0.4, -0.2) is 43.0 Å². The average Bonchev–Trinajstić information content (AvgIpc) is 3.06. The van der Waals surface area contributed by atoms with E-state index < -0.39 is 0 Å². The molecule has 0 spiro atoms. The Morgan fingerprint density at radius 1 is 1.27 bits per heavy atom. The number of aliphatic imine (C=N–C) groups is 1. The van der Waals surface area contributed by atoms with Gasteiger partial charge in [-0.3, -0.25) is 4.99 Å². The second-order valence-corrected chi connectivity index (χ2v) is 4.46. The lowest BCUT2D eigenvalue weighted by atomic mass is 10.2. The molecule has 0 saturated heterocycles. The summed E-state index contributed by atoms with van der Waals surface area (Å²) in [4.78, 5) is 4.16. The summed E-state index contributed by atoms with van der Waals surface area (Å²) in [6, 6.07) is 10.2. The molecule has 7 heteroatoms. The zero-order valence-corrected chi connectivity index (χ0v) is 15.2. The van der Waals surface area contributed by atoms with Crippen LogP contribution < -0.4 is 10.6 Å². The van der Waals surface area contributed by atoms with Crippen LogP contribution in [0.5, 0.6) is 0 Å². The molecule has 2 aromatic rings. The molecule has 2 N–H and O–H groups in total. The number of hydrogen-bond acceptors (Lipinski definition) is 3. The van der Waals surface area contributed by atoms with Crippen molar-refractivity contribution in [2.45, 2.75) is 6.54 Å². The number of hydrogen-bond donors (Lipinski definition) is 2. The maximum atomic E-state index is 4.99. The number of benzene rings is 1. The van der Waals surface area contributed by atoms with Gasteiger partial charge in [0.2, 0.25) is 0 Å². The van der Waals surface area contributed by atoms with Crippen LogP contribution in [0.4, 0.5) is 0 Å². The van der Waals surface area contributed by atoms with E-state index in [0.29, 0.717) is 13.2 Å². The molecule has 0 bridgehead atoms. The average molecular weight is 415 g/mol. The number of aromatic nitrogens is 2. The minimum atomic E-state index is 0. The summed E-state index contributed by atoms with van der Waals surface area (Å²) >= 11 is 0. The highest BCUT2D eigenvalue weighted by molar-refractivity contribution is 14.0. The van der Waals surface area contributed by atoms with Crippen LogP contribution in [0.25, 0.3) is 5.69 Å². The number of nitrogens with zero attached hydrogens (tertiary/aromatic N) is 3. The van der Waals surface area contributed by atoms with E-state index in [4.69, 9.17) is 4.74 Å². The summed E-state index contributed by atoms with van der Waals surface area (Å²) in [6.45, 7) is 2.10. The highest BCUT2D eigenvalue weighted by Crippen LogP contribution is 2.08. The molecule has 2 rings (SSSR count). The summed E-state index contributed by atoms with van der Waals surface area (Å²) in [5, 5.41) is 10.6. The molecule has 1 aromatic heterocycles. The number of guanidine groups is 1. The van der Waals surface area contributed by atoms with Gasteiger partial charge in [0.15, 0.2) is 5.96 Å². The van der Waals surface area contributed by atoms with Crippen LogP contribution in [0.1, 0.15) is 5.56 Å². The van der Waals surface area contributed by atoms with Gasteiger partial charge in [-0.1, -0.05) is 12.1 Å². The van der Waals surface area contributed by atoms with Crippen molar-refractivity contribution in [3.05, 3.63) is 48.3 Å². The zero-order valence-electron chi connectivity index (χ0n) is 12.8. The zero-order chi connectivity index (χ0) is 14.9. The lowest BCUT2D eigenvalue weighted by Gasteiger charge is -2.11. The van der Waals surface area contributed by atoms with Crippen LogP contribution in [-0.2, 0) is 11.3 Å². The van der Waals surface area contributed by atoms with E-state index in [1.54, 1.807) is 20.4 Å². The molecule has 120 valence electrons. The number of methoxy groups -OCH3 is 1. The van der Waals surface area contributed by atoms with Gasteiger partial charge in [-0.25, -0.2) is 4.68 Å². The topological polar surface area (TPSA) is 63.5 Å². The first kappa shape index (κ1) is 18.4. The normalized spacial score (nSPS) is 10.9. The molecule has 0 amide bonds. The van der Waals surface area contributed by atoms with Gasteiger partial charge in [0, 0.05) is 39.6 Å². The SMILES string of the molecule is CN=C(NCCOC)NCc1ccc(-n2cccn2)cc1.I. The van der Waals surface area contributed by atoms with E-state index in [-0.39, 0.29) is 24.0 Å². The Balaban J connectivity index is 0.00000242. The number of nitrogens with one attached hydrogen (secondary N) is 2. The molecule has 0 aliphatic carbocycles. The third-order valence-corrected chi connectivity index (χ3v) is 2.99. The van der Waals surface area contributed by atoms with Crippen LogP contribution in [0.2, 0.25) is 0 Å². The fraction of sp³-hybridized carbons (Fsp3) is 0.333. The van der Waals surface area contributed by atoms with Gasteiger partial charge in [0.05, 0.1) is 12.3 Å². The number of ether oxygens (including phenoxy) is 1. The molecule has 0 aliphatic heterocycles. The van der Waals surface area contributed by atoms with Gasteiger partial charge in [0.1, 0.15) is 0 Å². The fourth-order valence-corrected chi connectivity index (χ4v) is 1.87. The summed E-state index contributed by atoms with van der Waals surface area (Å²) < 4.78 is 6.83. The largest absolute Gasteiger partial charge is 0.383 e. The third-order valence-electron chi connectivity index (χ3n) is 2.99. The molecular formula is C15H22IN5O. The molecular weight excluding hydrogens is 393 g/mol. The first-order chi connectivity index (χ1) is 10.3. The predicted octanol–water partition coefficient (Wildman–Crippen LogP) is 1.80. The standard InChI is InChI=1S/C15H21N5O.HI/c1-16-15(17-9-11-21-2)18-12-13-4-6-14(7-5-13)20-10-3-8-19-20;/h3-8,10H,9,11-12H2,1-2H3,(H2,16,17,18);1H. The lowest BCUT2D eigenvalue weighted by molar-refractivity contribution is 0.203. The van der Waals surface area contributed by atoms with Crippen molar-refractivity contribution in [2.24, 2.45) is 4.99 Å². The van der Waals surface area contributed by atoms with E-state index in [9.17, 15) is 0 Å². The minimum Gasteiger partial charge on any atom is -0.383 e. The molecule has 1 heterocycles. The van der Waals surface area contributed by atoms with E-state index in [2.05, 4.69) is 32.9 Å². The lowest BCUT2D eigenvalue weighted by Crippen LogP contribution is -2.38. The number of rotatable bonds is 6. The Morgan fingerprint density at radius 3 is 2.64 bits per heavy atom. The Kier molecular flexibility index (Phi) is 8.53. The first-order valence-electron chi connectivity index (χ1n) is 6.86. The molecule has 0 radical (unpaired) electrons. The molecule has 6 nitrogen and oxygen atoms in total. The molecule has 0 unspecified atom stereocenters. The Bertz CT molecular complexity index is 554. The van der Waals surface area contributed by atoms with Gasteiger partial charge < -0.3 is 15.4 Å². The summed E-state index contributed by atoms with van der Waals surface area (Å²) in [6.07, 6.45) is 3.69. The summed E-state index contributed by atoms with van der Waals surface area (Å²) in [7, 11) is 3.43. The number of halogens is 1. The molecule has 0 aliphatic rings. The van der Waals surface area contributed by atoms with Crippen LogP contribution in [0, 0.1) is 0 Å². The van der Waals surface area contributed by atoms with E-state index >= 15 is 0 Å². The van der Waals surface area contributed by atoms with Gasteiger partial charge >= 0.3 is 0 Å². The van der Waals surface area contributed by atoms with Crippen molar-refractivity contribution in [2.75, 3.05) is 27.3 Å². The molecule has 22 heavy (non-hydrogen) atoms. The highest BCUT2D eigenvalue weighted by Gasteiger charge is 1.99. The fourth-order valence-electron chi connectivity index (χ4n) is 1.87. The quantitative estimate of drug-likeness (QED) is 0.327. The van der Waals surface area contributed by atoms with Gasteiger partial charge in [0.25, 0.3) is 0 Å². The van der Waals surface area contributed by atoms with Gasteiger partial charge in [-0.05, 0) is 23.8 Å². The highest BCUT2D eigenvalue weighted by atomic mass is 127. The van der Waals surface area contributed by atoms with E-state index in [1.807, 2.05) is 29.1 Å². The predicted molar refractivity (Wildman–Crippen MR) is 99.1 cm³/mol. The van der Waals surface area contributed by atoms with Crippen LogP contribution in [0.3, 0.4) is 0 Å². The molecule has 0 atom stereocenters. The van der Waals surface area contributed by atoms with Gasteiger partial charge in [-0.15, -0.1) is 24.0 Å². The monoisotopic (exact) mass is 415 g/mol. The minimum absolute atomic E-state index is 0. The van der Waals surface area contributed by atoms with Crippen LogP contribution in [0.15, 0.2) is 47.7 Å². The van der Waals surface area contributed by atoms with Crippen molar-refractivity contribution in [3.63, 3.8) is 0 Å². The Morgan fingerprint density at radius 2 is 2.05 bits per heavy atom. The maximum Gasteiger partial charge on any atom is 0.191 e. The van der Waals surface area contributed by atoms with Crippen molar-refractivity contribution in [1.29, 1.82) is 0 Å². The Labute approximate surface area is 148 Å².